The zero-order valence-corrected chi connectivity index (χ0v) is 14.8. The topological polar surface area (TPSA) is 15.3 Å². The monoisotopic (exact) mass is 298 g/mol. The van der Waals surface area contributed by atoms with Gasteiger partial charge in [-0.1, -0.05) is 55.2 Å². The van der Waals surface area contributed by atoms with Crippen molar-refractivity contribution in [3.05, 3.63) is 54.1 Å². The molecular formula is C18H26N2Si. The molecule has 0 spiro atoms. The first-order valence-electron chi connectivity index (χ1n) is 7.47. The minimum atomic E-state index is -1.19. The van der Waals surface area contributed by atoms with E-state index in [2.05, 4.69) is 92.5 Å². The van der Waals surface area contributed by atoms with E-state index in [4.69, 9.17) is 0 Å². The molecule has 0 unspecified atom stereocenters. The van der Waals surface area contributed by atoms with Crippen molar-refractivity contribution in [3.63, 3.8) is 0 Å². The van der Waals surface area contributed by atoms with E-state index < -0.39 is 8.07 Å². The Bertz CT molecular complexity index is 583. The molecule has 0 aromatic heterocycles. The minimum Gasteiger partial charge on any atom is -0.381 e. The van der Waals surface area contributed by atoms with Crippen molar-refractivity contribution in [1.29, 1.82) is 0 Å². The Labute approximate surface area is 129 Å². The van der Waals surface area contributed by atoms with E-state index >= 15 is 0 Å². The van der Waals surface area contributed by atoms with Gasteiger partial charge in [-0.15, -0.1) is 0 Å². The highest BCUT2D eigenvalue weighted by Gasteiger charge is 2.15. The molecule has 0 bridgehead atoms. The fourth-order valence-corrected chi connectivity index (χ4v) is 3.39. The standard InChI is InChI=1S/C18H26N2Si/c1-20(2)17-8-6-7-16(13-17)19-14-15-9-11-18(12-10-15)21(3,4)5/h6-13,19H,14H2,1-5H3. The smallest absolute Gasteiger partial charge is 0.0775 e. The highest BCUT2D eigenvalue weighted by atomic mass is 28.3. The molecule has 2 aromatic rings. The molecule has 2 nitrogen and oxygen atoms in total. The summed E-state index contributed by atoms with van der Waals surface area (Å²) in [7, 11) is 2.94. The zero-order chi connectivity index (χ0) is 15.5. The average Bonchev–Trinajstić information content (AvgIpc) is 2.45. The normalized spacial score (nSPS) is 11.3. The predicted molar refractivity (Wildman–Crippen MR) is 97.5 cm³/mol. The van der Waals surface area contributed by atoms with Gasteiger partial charge in [-0.25, -0.2) is 0 Å². The van der Waals surface area contributed by atoms with Gasteiger partial charge in [0.05, 0.1) is 8.07 Å². The summed E-state index contributed by atoms with van der Waals surface area (Å²) in [4.78, 5) is 2.12. The lowest BCUT2D eigenvalue weighted by atomic mass is 10.2. The van der Waals surface area contributed by atoms with Crippen molar-refractivity contribution < 1.29 is 0 Å². The number of anilines is 2. The van der Waals surface area contributed by atoms with E-state index in [9.17, 15) is 0 Å². The van der Waals surface area contributed by atoms with Gasteiger partial charge < -0.3 is 10.2 Å². The molecule has 0 amide bonds. The molecule has 0 aliphatic heterocycles. The largest absolute Gasteiger partial charge is 0.381 e. The van der Waals surface area contributed by atoms with Crippen LogP contribution >= 0.6 is 0 Å². The van der Waals surface area contributed by atoms with Crippen LogP contribution in [0.25, 0.3) is 0 Å². The summed E-state index contributed by atoms with van der Waals surface area (Å²) < 4.78 is 0. The molecule has 0 aliphatic rings. The van der Waals surface area contributed by atoms with Gasteiger partial charge in [0.15, 0.2) is 0 Å². The second-order valence-electron chi connectivity index (χ2n) is 6.75. The van der Waals surface area contributed by atoms with Gasteiger partial charge in [0.2, 0.25) is 0 Å². The fourth-order valence-electron chi connectivity index (χ4n) is 2.22. The van der Waals surface area contributed by atoms with Crippen LogP contribution in [0.1, 0.15) is 5.56 Å². The number of nitrogens with one attached hydrogen (secondary N) is 1. The van der Waals surface area contributed by atoms with Crippen molar-refractivity contribution in [2.75, 3.05) is 24.3 Å². The maximum Gasteiger partial charge on any atom is 0.0775 e. The van der Waals surface area contributed by atoms with Crippen LogP contribution in [0.15, 0.2) is 48.5 Å². The molecule has 0 aliphatic carbocycles. The zero-order valence-electron chi connectivity index (χ0n) is 13.8. The van der Waals surface area contributed by atoms with E-state index in [1.807, 2.05) is 0 Å². The number of rotatable bonds is 5. The van der Waals surface area contributed by atoms with E-state index in [1.54, 1.807) is 0 Å². The van der Waals surface area contributed by atoms with Gasteiger partial charge >= 0.3 is 0 Å². The summed E-state index contributed by atoms with van der Waals surface area (Å²) in [6.45, 7) is 8.01. The summed E-state index contributed by atoms with van der Waals surface area (Å²) in [6, 6.07) is 17.6. The third-order valence-electron chi connectivity index (χ3n) is 3.68. The number of hydrogen-bond acceptors (Lipinski definition) is 2. The Hall–Kier alpha value is -1.74. The van der Waals surface area contributed by atoms with Crippen molar-refractivity contribution in [2.45, 2.75) is 26.2 Å². The maximum absolute atomic E-state index is 3.50. The van der Waals surface area contributed by atoms with Crippen molar-refractivity contribution in [3.8, 4) is 0 Å². The highest BCUT2D eigenvalue weighted by Crippen LogP contribution is 2.18. The van der Waals surface area contributed by atoms with Gasteiger partial charge in [-0.2, -0.15) is 0 Å². The number of benzene rings is 2. The van der Waals surface area contributed by atoms with Crippen LogP contribution in [0.5, 0.6) is 0 Å². The lowest BCUT2D eigenvalue weighted by Gasteiger charge is -2.17. The molecule has 0 saturated heterocycles. The molecule has 2 rings (SSSR count). The Balaban J connectivity index is 2.01. The first-order valence-corrected chi connectivity index (χ1v) is 11.0. The Morgan fingerprint density at radius 2 is 1.62 bits per heavy atom. The van der Waals surface area contributed by atoms with Crippen LogP contribution in [0.2, 0.25) is 19.6 Å². The molecule has 0 heterocycles. The van der Waals surface area contributed by atoms with E-state index in [1.165, 1.54) is 16.4 Å². The maximum atomic E-state index is 3.50. The molecule has 112 valence electrons. The van der Waals surface area contributed by atoms with Gasteiger partial charge in [0.25, 0.3) is 0 Å². The third kappa shape index (κ3) is 4.36. The SMILES string of the molecule is CN(C)c1cccc(NCc2ccc([Si](C)(C)C)cc2)c1. The van der Waals surface area contributed by atoms with E-state index in [0.29, 0.717) is 0 Å². The van der Waals surface area contributed by atoms with Crippen LogP contribution < -0.4 is 15.4 Å². The van der Waals surface area contributed by atoms with E-state index in [0.717, 1.165) is 12.2 Å². The van der Waals surface area contributed by atoms with Crippen LogP contribution in [-0.2, 0) is 6.54 Å². The summed E-state index contributed by atoms with van der Waals surface area (Å²) in [5, 5.41) is 5.01. The second-order valence-corrected chi connectivity index (χ2v) is 11.8. The van der Waals surface area contributed by atoms with Gasteiger partial charge in [0.1, 0.15) is 0 Å². The van der Waals surface area contributed by atoms with Gasteiger partial charge in [-0.3, -0.25) is 0 Å². The van der Waals surface area contributed by atoms with Crippen LogP contribution in [0.3, 0.4) is 0 Å². The molecule has 3 heteroatoms. The molecule has 1 N–H and O–H groups in total. The molecule has 0 saturated carbocycles. The average molecular weight is 299 g/mol. The predicted octanol–water partition coefficient (Wildman–Crippen LogP) is 3.91. The van der Waals surface area contributed by atoms with Gasteiger partial charge in [-0.05, 0) is 23.8 Å². The van der Waals surface area contributed by atoms with E-state index in [-0.39, 0.29) is 0 Å². The van der Waals surface area contributed by atoms with Gasteiger partial charge in [0, 0.05) is 32.0 Å². The summed E-state index contributed by atoms with van der Waals surface area (Å²) in [6.07, 6.45) is 0. The van der Waals surface area contributed by atoms with Crippen LogP contribution in [0.4, 0.5) is 11.4 Å². The molecule has 0 radical (unpaired) electrons. The molecule has 2 aromatic carbocycles. The first-order chi connectivity index (χ1) is 9.86. The first kappa shape index (κ1) is 15.6. The second kappa shape index (κ2) is 6.35. The lowest BCUT2D eigenvalue weighted by molar-refractivity contribution is 1.12. The lowest BCUT2D eigenvalue weighted by Crippen LogP contribution is -2.37. The van der Waals surface area contributed by atoms with Crippen LogP contribution in [0, 0.1) is 0 Å². The van der Waals surface area contributed by atoms with Crippen molar-refractivity contribution in [1.82, 2.24) is 0 Å². The molecular weight excluding hydrogens is 272 g/mol. The fraction of sp³-hybridized carbons (Fsp3) is 0.333. The summed E-state index contributed by atoms with van der Waals surface area (Å²) in [5.41, 5.74) is 3.71. The molecule has 0 fully saturated rings. The quantitative estimate of drug-likeness (QED) is 0.842. The third-order valence-corrected chi connectivity index (χ3v) is 5.74. The minimum absolute atomic E-state index is 0.864. The number of hydrogen-bond donors (Lipinski definition) is 1. The van der Waals surface area contributed by atoms with Crippen molar-refractivity contribution >= 4 is 24.6 Å². The Morgan fingerprint density at radius 1 is 0.952 bits per heavy atom. The van der Waals surface area contributed by atoms with Crippen molar-refractivity contribution in [2.24, 2.45) is 0 Å². The molecule has 0 atom stereocenters. The Morgan fingerprint density at radius 3 is 2.19 bits per heavy atom. The summed E-state index contributed by atoms with van der Waals surface area (Å²) >= 11 is 0. The molecule has 21 heavy (non-hydrogen) atoms. The highest BCUT2D eigenvalue weighted by molar-refractivity contribution is 6.88. The van der Waals surface area contributed by atoms with Crippen LogP contribution in [-0.4, -0.2) is 22.2 Å². The Kier molecular flexibility index (Phi) is 4.73. The summed E-state index contributed by atoms with van der Waals surface area (Å²) in [5.74, 6) is 0. The number of nitrogens with zero attached hydrogens (tertiary/aromatic N) is 1.